The van der Waals surface area contributed by atoms with Gasteiger partial charge in [-0.1, -0.05) is 17.7 Å². The van der Waals surface area contributed by atoms with E-state index in [4.69, 9.17) is 4.42 Å². The van der Waals surface area contributed by atoms with Crippen molar-refractivity contribution < 1.29 is 17.6 Å². The van der Waals surface area contributed by atoms with E-state index in [1.54, 1.807) is 7.05 Å². The Hall–Kier alpha value is -2.22. The molecular formula is C15H17N3O4S. The minimum Gasteiger partial charge on any atom is -0.412 e. The molecular weight excluding hydrogens is 318 g/mol. The molecule has 0 saturated carbocycles. The van der Waals surface area contributed by atoms with E-state index in [-0.39, 0.29) is 29.3 Å². The van der Waals surface area contributed by atoms with Crippen LogP contribution in [0.5, 0.6) is 0 Å². The number of carbonyl (C=O) groups excluding carboxylic acids is 1. The van der Waals surface area contributed by atoms with Crippen LogP contribution in [0.2, 0.25) is 0 Å². The fraction of sp³-hybridized carbons (Fsp3) is 0.400. The highest BCUT2D eigenvalue weighted by atomic mass is 32.2. The lowest BCUT2D eigenvalue weighted by Gasteiger charge is -2.21. The summed E-state index contributed by atoms with van der Waals surface area (Å²) < 4.78 is 28.5. The van der Waals surface area contributed by atoms with Gasteiger partial charge in [-0.2, -0.15) is 0 Å². The molecule has 1 aliphatic heterocycles. The van der Waals surface area contributed by atoms with E-state index in [0.29, 0.717) is 6.42 Å². The van der Waals surface area contributed by atoms with E-state index in [2.05, 4.69) is 10.2 Å². The van der Waals surface area contributed by atoms with Crippen molar-refractivity contribution in [2.24, 2.45) is 0 Å². The molecule has 3 rings (SSSR count). The molecule has 1 atom stereocenters. The maximum absolute atomic E-state index is 12.4. The molecule has 1 aromatic heterocycles. The predicted octanol–water partition coefficient (Wildman–Crippen LogP) is 1.30. The zero-order valence-electron chi connectivity index (χ0n) is 12.9. The summed E-state index contributed by atoms with van der Waals surface area (Å²) >= 11 is 0. The number of nitrogens with zero attached hydrogens (tertiary/aromatic N) is 3. The van der Waals surface area contributed by atoms with Crippen LogP contribution in [0.4, 0.5) is 0 Å². The maximum atomic E-state index is 12.4. The van der Waals surface area contributed by atoms with Gasteiger partial charge in [-0.15, -0.1) is 10.2 Å². The van der Waals surface area contributed by atoms with Gasteiger partial charge in [-0.05, 0) is 25.5 Å². The molecule has 0 bridgehead atoms. The van der Waals surface area contributed by atoms with Gasteiger partial charge in [0.05, 0.1) is 11.5 Å². The molecule has 0 N–H and O–H groups in total. The van der Waals surface area contributed by atoms with Crippen molar-refractivity contribution in [3.63, 3.8) is 0 Å². The second-order valence-electron chi connectivity index (χ2n) is 5.75. The Bertz CT molecular complexity index is 827. The van der Waals surface area contributed by atoms with Gasteiger partial charge >= 0.3 is 11.8 Å². The monoisotopic (exact) mass is 335 g/mol. The molecule has 7 nitrogen and oxygen atoms in total. The Kier molecular flexibility index (Phi) is 3.93. The number of hydrogen-bond acceptors (Lipinski definition) is 6. The summed E-state index contributed by atoms with van der Waals surface area (Å²) in [5, 5.41) is 7.68. The summed E-state index contributed by atoms with van der Waals surface area (Å²) in [6.45, 7) is 1.97. The predicted molar refractivity (Wildman–Crippen MR) is 83.6 cm³/mol. The number of sulfone groups is 1. The number of benzene rings is 1. The molecule has 1 unspecified atom stereocenters. The molecule has 8 heteroatoms. The van der Waals surface area contributed by atoms with Gasteiger partial charge in [0, 0.05) is 18.7 Å². The Balaban J connectivity index is 1.77. The third-order valence-corrected chi connectivity index (χ3v) is 5.73. The lowest BCUT2D eigenvalue weighted by molar-refractivity contribution is 0.0708. The highest BCUT2D eigenvalue weighted by Crippen LogP contribution is 2.21. The van der Waals surface area contributed by atoms with Gasteiger partial charge < -0.3 is 9.32 Å². The highest BCUT2D eigenvalue weighted by Gasteiger charge is 2.34. The number of aromatic nitrogens is 2. The fourth-order valence-corrected chi connectivity index (χ4v) is 4.29. The molecule has 0 aliphatic carbocycles. The Morgan fingerprint density at radius 1 is 1.26 bits per heavy atom. The topological polar surface area (TPSA) is 93.4 Å². The molecule has 122 valence electrons. The molecule has 1 saturated heterocycles. The average molecular weight is 335 g/mol. The molecule has 2 aromatic rings. The number of amides is 1. The first-order valence-electron chi connectivity index (χ1n) is 7.24. The highest BCUT2D eigenvalue weighted by molar-refractivity contribution is 7.91. The number of hydrogen-bond donors (Lipinski definition) is 0. The summed E-state index contributed by atoms with van der Waals surface area (Å²) in [5.74, 6) is -0.242. The second kappa shape index (κ2) is 5.77. The Morgan fingerprint density at radius 3 is 2.57 bits per heavy atom. The summed E-state index contributed by atoms with van der Waals surface area (Å²) in [6, 6.07) is 7.16. The summed E-state index contributed by atoms with van der Waals surface area (Å²) in [6.07, 6.45) is 0.434. The van der Waals surface area contributed by atoms with Crippen LogP contribution in [0, 0.1) is 6.92 Å². The summed E-state index contributed by atoms with van der Waals surface area (Å²) in [4.78, 5) is 13.7. The molecule has 0 radical (unpaired) electrons. The largest absolute Gasteiger partial charge is 0.412 e. The third-order valence-electron chi connectivity index (χ3n) is 3.98. The SMILES string of the molecule is Cc1ccc(-c2nnc(C(=O)N(C)C3CCS(=O)(=O)C3)o2)cc1. The summed E-state index contributed by atoms with van der Waals surface area (Å²) in [7, 11) is -1.50. The second-order valence-corrected chi connectivity index (χ2v) is 7.98. The fourth-order valence-electron chi connectivity index (χ4n) is 2.52. The van der Waals surface area contributed by atoms with Crippen LogP contribution in [0.1, 0.15) is 22.7 Å². The van der Waals surface area contributed by atoms with Crippen LogP contribution in [-0.4, -0.2) is 54.0 Å². The van der Waals surface area contributed by atoms with Crippen LogP contribution < -0.4 is 0 Å². The van der Waals surface area contributed by atoms with Gasteiger partial charge in [0.15, 0.2) is 9.84 Å². The van der Waals surface area contributed by atoms with Crippen molar-refractivity contribution in [2.45, 2.75) is 19.4 Å². The minimum atomic E-state index is -3.06. The lowest BCUT2D eigenvalue weighted by Crippen LogP contribution is -2.38. The van der Waals surface area contributed by atoms with Gasteiger partial charge in [0.2, 0.25) is 5.89 Å². The van der Waals surface area contributed by atoms with Crippen molar-refractivity contribution in [1.82, 2.24) is 15.1 Å². The van der Waals surface area contributed by atoms with Gasteiger partial charge in [-0.25, -0.2) is 8.42 Å². The van der Waals surface area contributed by atoms with E-state index in [1.807, 2.05) is 31.2 Å². The molecule has 0 spiro atoms. The molecule has 1 aromatic carbocycles. The third kappa shape index (κ3) is 3.26. The standard InChI is InChI=1S/C15H17N3O4S/c1-10-3-5-11(6-4-10)13-16-17-14(22-13)15(19)18(2)12-7-8-23(20,21)9-12/h3-6,12H,7-9H2,1-2H3. The van der Waals surface area contributed by atoms with Gasteiger partial charge in [0.1, 0.15) is 0 Å². The van der Waals surface area contributed by atoms with Crippen LogP contribution in [0.15, 0.2) is 28.7 Å². The maximum Gasteiger partial charge on any atom is 0.311 e. The van der Waals surface area contributed by atoms with Crippen LogP contribution in [-0.2, 0) is 9.84 Å². The first-order chi connectivity index (χ1) is 10.9. The van der Waals surface area contributed by atoms with E-state index < -0.39 is 15.7 Å². The van der Waals surface area contributed by atoms with E-state index in [9.17, 15) is 13.2 Å². The van der Waals surface area contributed by atoms with Crippen molar-refractivity contribution in [3.8, 4) is 11.5 Å². The first kappa shape index (κ1) is 15.7. The van der Waals surface area contributed by atoms with Crippen molar-refractivity contribution in [1.29, 1.82) is 0 Å². The smallest absolute Gasteiger partial charge is 0.311 e. The van der Waals surface area contributed by atoms with E-state index in [0.717, 1.165) is 11.1 Å². The minimum absolute atomic E-state index is 0.0196. The van der Waals surface area contributed by atoms with Crippen LogP contribution in [0.3, 0.4) is 0 Å². The van der Waals surface area contributed by atoms with Crippen LogP contribution in [0.25, 0.3) is 11.5 Å². The first-order valence-corrected chi connectivity index (χ1v) is 9.06. The zero-order chi connectivity index (χ0) is 16.6. The van der Waals surface area contributed by atoms with Gasteiger partial charge in [0.25, 0.3) is 0 Å². The molecule has 1 amide bonds. The quantitative estimate of drug-likeness (QED) is 0.839. The Morgan fingerprint density at radius 2 is 1.96 bits per heavy atom. The van der Waals surface area contributed by atoms with E-state index >= 15 is 0 Å². The molecule has 23 heavy (non-hydrogen) atoms. The van der Waals surface area contributed by atoms with Gasteiger partial charge in [-0.3, -0.25) is 4.79 Å². The van der Waals surface area contributed by atoms with Crippen LogP contribution >= 0.6 is 0 Å². The van der Waals surface area contributed by atoms with Crippen molar-refractivity contribution in [3.05, 3.63) is 35.7 Å². The number of rotatable bonds is 3. The zero-order valence-corrected chi connectivity index (χ0v) is 13.7. The lowest BCUT2D eigenvalue weighted by atomic mass is 10.1. The van der Waals surface area contributed by atoms with E-state index in [1.165, 1.54) is 4.90 Å². The van der Waals surface area contributed by atoms with Crippen molar-refractivity contribution in [2.75, 3.05) is 18.6 Å². The number of aryl methyl sites for hydroxylation is 1. The molecule has 2 heterocycles. The molecule has 1 aliphatic rings. The molecule has 1 fully saturated rings. The normalized spacial score (nSPS) is 19.7. The number of carbonyl (C=O) groups is 1. The Labute approximate surface area is 134 Å². The summed E-state index contributed by atoms with van der Waals surface area (Å²) in [5.41, 5.74) is 1.83. The average Bonchev–Trinajstić information content (AvgIpc) is 3.13. The van der Waals surface area contributed by atoms with Crippen molar-refractivity contribution >= 4 is 15.7 Å².